The summed E-state index contributed by atoms with van der Waals surface area (Å²) in [7, 11) is 0. The SMILES string of the molecule is C=C(Nc1cccc(C)c1C)C1(C)CCNCC1. The van der Waals surface area contributed by atoms with Crippen LogP contribution >= 0.6 is 0 Å². The zero-order valence-electron chi connectivity index (χ0n) is 11.8. The number of nitrogens with one attached hydrogen (secondary N) is 2. The van der Waals surface area contributed by atoms with Crippen molar-refractivity contribution in [3.05, 3.63) is 41.6 Å². The molecule has 0 unspecified atom stereocenters. The molecule has 98 valence electrons. The highest BCUT2D eigenvalue weighted by atomic mass is 14.9. The van der Waals surface area contributed by atoms with Gasteiger partial charge in [0.25, 0.3) is 0 Å². The van der Waals surface area contributed by atoms with Gasteiger partial charge in [0.15, 0.2) is 0 Å². The van der Waals surface area contributed by atoms with Crippen molar-refractivity contribution >= 4 is 5.69 Å². The van der Waals surface area contributed by atoms with E-state index < -0.39 is 0 Å². The lowest BCUT2D eigenvalue weighted by molar-refractivity contribution is 0.285. The molecule has 1 saturated heterocycles. The van der Waals surface area contributed by atoms with E-state index >= 15 is 0 Å². The maximum absolute atomic E-state index is 4.28. The predicted octanol–water partition coefficient (Wildman–Crippen LogP) is 3.62. The molecule has 2 rings (SSSR count). The van der Waals surface area contributed by atoms with E-state index in [0.29, 0.717) is 0 Å². The Kier molecular flexibility index (Phi) is 3.76. The van der Waals surface area contributed by atoms with Crippen LogP contribution in [-0.4, -0.2) is 13.1 Å². The third-order valence-corrected chi connectivity index (χ3v) is 4.33. The predicted molar refractivity (Wildman–Crippen MR) is 78.9 cm³/mol. The summed E-state index contributed by atoms with van der Waals surface area (Å²) in [5, 5.41) is 6.95. The van der Waals surface area contributed by atoms with E-state index in [9.17, 15) is 0 Å². The molecule has 1 aromatic rings. The van der Waals surface area contributed by atoms with Crippen LogP contribution in [0.25, 0.3) is 0 Å². The molecule has 0 saturated carbocycles. The van der Waals surface area contributed by atoms with E-state index in [1.165, 1.54) is 16.8 Å². The molecule has 0 amide bonds. The third-order valence-electron chi connectivity index (χ3n) is 4.33. The number of aryl methyl sites for hydroxylation is 1. The molecule has 0 aliphatic carbocycles. The van der Waals surface area contributed by atoms with Crippen molar-refractivity contribution in [2.45, 2.75) is 33.6 Å². The van der Waals surface area contributed by atoms with Crippen molar-refractivity contribution in [3.8, 4) is 0 Å². The average Bonchev–Trinajstić information content (AvgIpc) is 2.36. The van der Waals surface area contributed by atoms with Gasteiger partial charge in [-0.15, -0.1) is 0 Å². The minimum absolute atomic E-state index is 0.210. The van der Waals surface area contributed by atoms with E-state index in [4.69, 9.17) is 0 Å². The van der Waals surface area contributed by atoms with Crippen molar-refractivity contribution < 1.29 is 0 Å². The van der Waals surface area contributed by atoms with Gasteiger partial charge < -0.3 is 10.6 Å². The van der Waals surface area contributed by atoms with Gasteiger partial charge in [-0.05, 0) is 57.0 Å². The zero-order valence-corrected chi connectivity index (χ0v) is 11.8. The number of piperidine rings is 1. The summed E-state index contributed by atoms with van der Waals surface area (Å²) in [4.78, 5) is 0. The Bertz CT molecular complexity index is 442. The summed E-state index contributed by atoms with van der Waals surface area (Å²) in [5.74, 6) is 0. The molecule has 0 atom stereocenters. The van der Waals surface area contributed by atoms with Crippen molar-refractivity contribution in [2.24, 2.45) is 5.41 Å². The van der Waals surface area contributed by atoms with Crippen LogP contribution in [0.1, 0.15) is 30.9 Å². The van der Waals surface area contributed by atoms with Crippen molar-refractivity contribution in [1.82, 2.24) is 5.32 Å². The molecule has 0 bridgehead atoms. The molecule has 1 fully saturated rings. The number of anilines is 1. The van der Waals surface area contributed by atoms with Crippen LogP contribution in [0.15, 0.2) is 30.5 Å². The number of rotatable bonds is 3. The highest BCUT2D eigenvalue weighted by molar-refractivity contribution is 5.57. The largest absolute Gasteiger partial charge is 0.359 e. The lowest BCUT2D eigenvalue weighted by Gasteiger charge is -2.36. The molecule has 0 aromatic heterocycles. The lowest BCUT2D eigenvalue weighted by Crippen LogP contribution is -2.37. The lowest BCUT2D eigenvalue weighted by atomic mass is 9.78. The molecule has 1 aromatic carbocycles. The smallest absolute Gasteiger partial charge is 0.0414 e. The molecule has 2 heteroatoms. The summed E-state index contributed by atoms with van der Waals surface area (Å²) in [6.45, 7) is 13.1. The van der Waals surface area contributed by atoms with Crippen LogP contribution in [-0.2, 0) is 0 Å². The van der Waals surface area contributed by atoms with Gasteiger partial charge in [-0.3, -0.25) is 0 Å². The van der Waals surface area contributed by atoms with E-state index in [1.807, 2.05) is 0 Å². The van der Waals surface area contributed by atoms with Crippen molar-refractivity contribution in [1.29, 1.82) is 0 Å². The molecule has 1 heterocycles. The normalized spacial score (nSPS) is 18.4. The molecule has 1 aliphatic heterocycles. The van der Waals surface area contributed by atoms with Crippen LogP contribution in [0.5, 0.6) is 0 Å². The van der Waals surface area contributed by atoms with Gasteiger partial charge in [-0.1, -0.05) is 25.6 Å². The summed E-state index contributed by atoms with van der Waals surface area (Å²) >= 11 is 0. The third kappa shape index (κ3) is 2.59. The molecule has 2 N–H and O–H groups in total. The molecule has 2 nitrogen and oxygen atoms in total. The van der Waals surface area contributed by atoms with Crippen molar-refractivity contribution in [2.75, 3.05) is 18.4 Å². The first-order valence-corrected chi connectivity index (χ1v) is 6.76. The number of hydrogen-bond donors (Lipinski definition) is 2. The second kappa shape index (κ2) is 5.15. The van der Waals surface area contributed by atoms with Crippen LogP contribution in [0.2, 0.25) is 0 Å². The zero-order chi connectivity index (χ0) is 13.2. The van der Waals surface area contributed by atoms with E-state index in [-0.39, 0.29) is 5.41 Å². The number of benzene rings is 1. The van der Waals surface area contributed by atoms with Gasteiger partial charge in [0, 0.05) is 16.8 Å². The minimum atomic E-state index is 0.210. The quantitative estimate of drug-likeness (QED) is 0.848. The molecule has 0 spiro atoms. The van der Waals surface area contributed by atoms with Crippen LogP contribution < -0.4 is 10.6 Å². The monoisotopic (exact) mass is 244 g/mol. The Morgan fingerprint density at radius 1 is 1.28 bits per heavy atom. The first-order valence-electron chi connectivity index (χ1n) is 6.76. The second-order valence-corrected chi connectivity index (χ2v) is 5.66. The standard InChI is InChI=1S/C16H24N2/c1-12-6-5-7-15(13(12)2)18-14(3)16(4)8-10-17-11-9-16/h5-7,17-18H,3,8-11H2,1-2,4H3. The average molecular weight is 244 g/mol. The minimum Gasteiger partial charge on any atom is -0.359 e. The van der Waals surface area contributed by atoms with Crippen LogP contribution in [0.4, 0.5) is 5.69 Å². The highest BCUT2D eigenvalue weighted by Gasteiger charge is 2.29. The molecular weight excluding hydrogens is 220 g/mol. The Balaban J connectivity index is 2.13. The second-order valence-electron chi connectivity index (χ2n) is 5.66. The summed E-state index contributed by atoms with van der Waals surface area (Å²) in [6, 6.07) is 6.39. The van der Waals surface area contributed by atoms with Gasteiger partial charge >= 0.3 is 0 Å². The van der Waals surface area contributed by atoms with Crippen molar-refractivity contribution in [3.63, 3.8) is 0 Å². The Labute approximate surface area is 110 Å². The Morgan fingerprint density at radius 3 is 2.61 bits per heavy atom. The van der Waals surface area contributed by atoms with Gasteiger partial charge in [-0.2, -0.15) is 0 Å². The van der Waals surface area contributed by atoms with Gasteiger partial charge in [0.2, 0.25) is 0 Å². The van der Waals surface area contributed by atoms with Crippen LogP contribution in [0, 0.1) is 19.3 Å². The maximum Gasteiger partial charge on any atom is 0.0414 e. The Morgan fingerprint density at radius 2 is 1.94 bits per heavy atom. The molecule has 1 aliphatic rings. The van der Waals surface area contributed by atoms with E-state index in [1.54, 1.807) is 0 Å². The summed E-state index contributed by atoms with van der Waals surface area (Å²) in [6.07, 6.45) is 2.31. The summed E-state index contributed by atoms with van der Waals surface area (Å²) in [5.41, 5.74) is 5.19. The first kappa shape index (κ1) is 13.2. The fraction of sp³-hybridized carbons (Fsp3) is 0.500. The van der Waals surface area contributed by atoms with Crippen LogP contribution in [0.3, 0.4) is 0 Å². The van der Waals surface area contributed by atoms with E-state index in [0.717, 1.165) is 31.6 Å². The molecule has 18 heavy (non-hydrogen) atoms. The number of allylic oxidation sites excluding steroid dienone is 1. The molecular formula is C16H24N2. The first-order chi connectivity index (χ1) is 8.53. The molecule has 0 radical (unpaired) electrons. The van der Waals surface area contributed by atoms with Gasteiger partial charge in [0.1, 0.15) is 0 Å². The number of hydrogen-bond acceptors (Lipinski definition) is 2. The highest BCUT2D eigenvalue weighted by Crippen LogP contribution is 2.36. The fourth-order valence-electron chi connectivity index (χ4n) is 2.48. The van der Waals surface area contributed by atoms with Gasteiger partial charge in [-0.25, -0.2) is 0 Å². The Hall–Kier alpha value is -1.28. The maximum atomic E-state index is 4.28. The summed E-state index contributed by atoms with van der Waals surface area (Å²) < 4.78 is 0. The van der Waals surface area contributed by atoms with E-state index in [2.05, 4.69) is 56.2 Å². The topological polar surface area (TPSA) is 24.1 Å². The fourth-order valence-corrected chi connectivity index (χ4v) is 2.48. The van der Waals surface area contributed by atoms with Gasteiger partial charge in [0.05, 0.1) is 0 Å².